The number of hydrogen-bond donors (Lipinski definition) is 2. The van der Waals surface area contributed by atoms with Crippen LogP contribution < -0.4 is 5.73 Å². The van der Waals surface area contributed by atoms with E-state index in [2.05, 4.69) is 32.7 Å². The lowest BCUT2D eigenvalue weighted by molar-refractivity contribution is -0.140. The Morgan fingerprint density at radius 1 is 1.38 bits per heavy atom. The predicted molar refractivity (Wildman–Crippen MR) is 85.9 cm³/mol. The van der Waals surface area contributed by atoms with Gasteiger partial charge < -0.3 is 20.6 Å². The molecule has 1 aliphatic heterocycles. The standard InChI is InChI=1S/C16H33N3O2/c1-16(2,3)11-13(12-17)15(21)19(9-10-20)14-5-7-18(4)8-6-14/h13-14,20H,5-12,17H2,1-4H3. The molecular weight excluding hydrogens is 266 g/mol. The van der Waals surface area contributed by atoms with Crippen LogP contribution in [0.25, 0.3) is 0 Å². The minimum Gasteiger partial charge on any atom is -0.395 e. The fourth-order valence-electron chi connectivity index (χ4n) is 3.13. The van der Waals surface area contributed by atoms with Crippen LogP contribution in [0.1, 0.15) is 40.0 Å². The van der Waals surface area contributed by atoms with E-state index in [4.69, 9.17) is 5.73 Å². The fourth-order valence-corrected chi connectivity index (χ4v) is 3.13. The van der Waals surface area contributed by atoms with Crippen molar-refractivity contribution in [2.45, 2.75) is 46.1 Å². The van der Waals surface area contributed by atoms with Crippen molar-refractivity contribution in [1.82, 2.24) is 9.80 Å². The van der Waals surface area contributed by atoms with Gasteiger partial charge in [-0.1, -0.05) is 20.8 Å². The van der Waals surface area contributed by atoms with E-state index in [-0.39, 0.29) is 29.9 Å². The highest BCUT2D eigenvalue weighted by molar-refractivity contribution is 5.79. The minimum absolute atomic E-state index is 0.0187. The number of nitrogens with zero attached hydrogens (tertiary/aromatic N) is 2. The van der Waals surface area contributed by atoms with Crippen molar-refractivity contribution >= 4 is 5.91 Å². The van der Waals surface area contributed by atoms with Crippen molar-refractivity contribution in [3.63, 3.8) is 0 Å². The summed E-state index contributed by atoms with van der Waals surface area (Å²) >= 11 is 0. The molecular formula is C16H33N3O2. The zero-order chi connectivity index (χ0) is 16.0. The Labute approximate surface area is 129 Å². The maximum absolute atomic E-state index is 12.8. The van der Waals surface area contributed by atoms with Gasteiger partial charge in [0.2, 0.25) is 5.91 Å². The van der Waals surface area contributed by atoms with Crippen LogP contribution >= 0.6 is 0 Å². The molecule has 0 saturated carbocycles. The Hall–Kier alpha value is -0.650. The van der Waals surface area contributed by atoms with Gasteiger partial charge in [-0.25, -0.2) is 0 Å². The summed E-state index contributed by atoms with van der Waals surface area (Å²) in [7, 11) is 2.11. The summed E-state index contributed by atoms with van der Waals surface area (Å²) in [4.78, 5) is 17.0. The van der Waals surface area contributed by atoms with E-state index in [0.717, 1.165) is 32.4 Å². The van der Waals surface area contributed by atoms with Crippen LogP contribution in [0.4, 0.5) is 0 Å². The Kier molecular flexibility index (Phi) is 7.10. The Balaban J connectivity index is 2.75. The number of piperidine rings is 1. The van der Waals surface area contributed by atoms with E-state index in [0.29, 0.717) is 13.1 Å². The second-order valence-electron chi connectivity index (χ2n) is 7.49. The smallest absolute Gasteiger partial charge is 0.227 e. The van der Waals surface area contributed by atoms with E-state index < -0.39 is 0 Å². The molecule has 0 bridgehead atoms. The summed E-state index contributed by atoms with van der Waals surface area (Å²) < 4.78 is 0. The summed E-state index contributed by atoms with van der Waals surface area (Å²) in [6, 6.07) is 0.245. The number of aliphatic hydroxyl groups excluding tert-OH is 1. The summed E-state index contributed by atoms with van der Waals surface area (Å²) in [5.74, 6) is -0.0211. The normalized spacial score (nSPS) is 19.5. The topological polar surface area (TPSA) is 69.8 Å². The monoisotopic (exact) mass is 299 g/mol. The van der Waals surface area contributed by atoms with E-state index in [1.54, 1.807) is 0 Å². The molecule has 0 aromatic carbocycles. The van der Waals surface area contributed by atoms with Crippen molar-refractivity contribution in [3.8, 4) is 0 Å². The van der Waals surface area contributed by atoms with Crippen LogP contribution in [0.15, 0.2) is 0 Å². The molecule has 1 rings (SSSR count). The van der Waals surface area contributed by atoms with Gasteiger partial charge in [0.25, 0.3) is 0 Å². The lowest BCUT2D eigenvalue weighted by Gasteiger charge is -2.39. The number of carbonyl (C=O) groups excluding carboxylic acids is 1. The molecule has 5 heteroatoms. The van der Waals surface area contributed by atoms with E-state index in [9.17, 15) is 9.90 Å². The second-order valence-corrected chi connectivity index (χ2v) is 7.49. The number of likely N-dealkylation sites (tertiary alicyclic amines) is 1. The zero-order valence-corrected chi connectivity index (χ0v) is 14.1. The van der Waals surface area contributed by atoms with Gasteiger partial charge in [-0.05, 0) is 44.8 Å². The number of rotatable bonds is 6. The molecule has 124 valence electrons. The van der Waals surface area contributed by atoms with Crippen LogP contribution in [-0.4, -0.2) is 66.7 Å². The van der Waals surface area contributed by atoms with Gasteiger partial charge in [0, 0.05) is 19.1 Å². The van der Waals surface area contributed by atoms with Gasteiger partial charge in [-0.2, -0.15) is 0 Å². The molecule has 1 amide bonds. The third-order valence-corrected chi connectivity index (χ3v) is 4.25. The Bertz CT molecular complexity index is 320. The molecule has 0 radical (unpaired) electrons. The fraction of sp³-hybridized carbons (Fsp3) is 0.938. The third kappa shape index (κ3) is 5.93. The largest absolute Gasteiger partial charge is 0.395 e. The van der Waals surface area contributed by atoms with Gasteiger partial charge >= 0.3 is 0 Å². The maximum Gasteiger partial charge on any atom is 0.227 e. The molecule has 1 aliphatic rings. The van der Waals surface area contributed by atoms with E-state index >= 15 is 0 Å². The van der Waals surface area contributed by atoms with Gasteiger partial charge in [0.05, 0.1) is 12.5 Å². The zero-order valence-electron chi connectivity index (χ0n) is 14.1. The SMILES string of the molecule is CN1CCC(N(CCO)C(=O)C(CN)CC(C)(C)C)CC1. The van der Waals surface area contributed by atoms with Gasteiger partial charge in [0.1, 0.15) is 0 Å². The molecule has 3 N–H and O–H groups in total. The number of nitrogens with two attached hydrogens (primary N) is 1. The number of carbonyl (C=O) groups is 1. The average Bonchev–Trinajstić information content (AvgIpc) is 2.41. The van der Waals surface area contributed by atoms with Gasteiger partial charge in [-0.3, -0.25) is 4.79 Å². The van der Waals surface area contributed by atoms with Crippen molar-refractivity contribution in [1.29, 1.82) is 0 Å². The van der Waals surface area contributed by atoms with Crippen molar-refractivity contribution in [2.24, 2.45) is 17.1 Å². The Morgan fingerprint density at radius 3 is 2.38 bits per heavy atom. The highest BCUT2D eigenvalue weighted by Gasteiger charge is 2.32. The van der Waals surface area contributed by atoms with E-state index in [1.165, 1.54) is 0 Å². The first-order chi connectivity index (χ1) is 9.78. The van der Waals surface area contributed by atoms with Crippen LogP contribution in [0.2, 0.25) is 0 Å². The van der Waals surface area contributed by atoms with Crippen LogP contribution in [0.3, 0.4) is 0 Å². The highest BCUT2D eigenvalue weighted by Crippen LogP contribution is 2.27. The average molecular weight is 299 g/mol. The summed E-state index contributed by atoms with van der Waals surface area (Å²) in [6.45, 7) is 9.24. The van der Waals surface area contributed by atoms with Crippen molar-refractivity contribution in [2.75, 3.05) is 39.8 Å². The first-order valence-corrected chi connectivity index (χ1v) is 8.08. The molecule has 1 unspecified atom stereocenters. The number of amides is 1. The molecule has 1 atom stereocenters. The number of aliphatic hydroxyl groups is 1. The van der Waals surface area contributed by atoms with Crippen molar-refractivity contribution in [3.05, 3.63) is 0 Å². The van der Waals surface area contributed by atoms with Gasteiger partial charge in [-0.15, -0.1) is 0 Å². The summed E-state index contributed by atoms with van der Waals surface area (Å²) in [6.07, 6.45) is 2.75. The maximum atomic E-state index is 12.8. The van der Waals surface area contributed by atoms with Crippen LogP contribution in [-0.2, 0) is 4.79 Å². The molecule has 1 fully saturated rings. The van der Waals surface area contributed by atoms with Gasteiger partial charge in [0.15, 0.2) is 0 Å². The summed E-state index contributed by atoms with van der Waals surface area (Å²) in [5, 5.41) is 9.32. The molecule has 0 aromatic rings. The van der Waals surface area contributed by atoms with Crippen molar-refractivity contribution < 1.29 is 9.90 Å². The van der Waals surface area contributed by atoms with Crippen LogP contribution in [0, 0.1) is 11.3 Å². The highest BCUT2D eigenvalue weighted by atomic mass is 16.3. The molecule has 5 nitrogen and oxygen atoms in total. The molecule has 1 heterocycles. The Morgan fingerprint density at radius 2 is 1.95 bits per heavy atom. The van der Waals surface area contributed by atoms with Crippen LogP contribution in [0.5, 0.6) is 0 Å². The third-order valence-electron chi connectivity index (χ3n) is 4.25. The molecule has 0 aliphatic carbocycles. The molecule has 1 saturated heterocycles. The minimum atomic E-state index is -0.142. The predicted octanol–water partition coefficient (Wildman–Crippen LogP) is 0.913. The lowest BCUT2D eigenvalue weighted by atomic mass is 9.83. The quantitative estimate of drug-likeness (QED) is 0.765. The number of hydrogen-bond acceptors (Lipinski definition) is 4. The first kappa shape index (κ1) is 18.4. The molecule has 0 spiro atoms. The lowest BCUT2D eigenvalue weighted by Crippen LogP contribution is -2.51. The molecule has 21 heavy (non-hydrogen) atoms. The molecule has 0 aromatic heterocycles. The van der Waals surface area contributed by atoms with E-state index in [1.807, 2.05) is 4.90 Å². The first-order valence-electron chi connectivity index (χ1n) is 8.08. The summed E-state index contributed by atoms with van der Waals surface area (Å²) in [5.41, 5.74) is 5.93. The second kappa shape index (κ2) is 8.11.